The number of nitrogens with one attached hydrogen (secondary N) is 1. The highest BCUT2D eigenvalue weighted by atomic mass is 35.5. The molecule has 0 aliphatic carbocycles. The maximum absolute atomic E-state index is 13.3. The van der Waals surface area contributed by atoms with Gasteiger partial charge >= 0.3 is 0 Å². The molecule has 5 aromatic carbocycles. The van der Waals surface area contributed by atoms with Gasteiger partial charge in [0, 0.05) is 17.5 Å². The number of halogens is 3. The molecule has 3 nitrogen and oxygen atoms in total. The monoisotopic (exact) mass is 708 g/mol. The summed E-state index contributed by atoms with van der Waals surface area (Å²) in [5.74, 6) is 0.360. The Labute approximate surface area is 306 Å². The van der Waals surface area contributed by atoms with E-state index in [0.29, 0.717) is 27.5 Å². The Hall–Kier alpha value is -3.60. The highest BCUT2D eigenvalue weighted by Crippen LogP contribution is 2.44. The standard InChI is InChI=1S/C43H43Cl3N2O/c1-31(33-12-11-19-39(44)28-33)42(49)47-30-35(34-22-23-40(45)41(46)29-34)21-20-32-24-26-48(27-25-32)43(36-13-5-2-6-14-36,37-15-7-3-8-16-37)38-17-9-4-10-18-38/h2-19,22-23,28-29,31-32,35H,20-21,24-27,30H2,1H3,(H,47,49). The van der Waals surface area contributed by atoms with E-state index in [1.165, 1.54) is 16.7 Å². The van der Waals surface area contributed by atoms with Gasteiger partial charge in [-0.25, -0.2) is 0 Å². The van der Waals surface area contributed by atoms with Gasteiger partial charge in [-0.05, 0) is 104 Å². The zero-order valence-electron chi connectivity index (χ0n) is 27.9. The van der Waals surface area contributed by atoms with Gasteiger partial charge in [0.1, 0.15) is 0 Å². The van der Waals surface area contributed by atoms with Crippen molar-refractivity contribution in [2.45, 2.75) is 50.0 Å². The van der Waals surface area contributed by atoms with Gasteiger partial charge in [-0.1, -0.05) is 144 Å². The zero-order valence-corrected chi connectivity index (χ0v) is 30.1. The van der Waals surface area contributed by atoms with E-state index in [1.807, 2.05) is 49.4 Å². The van der Waals surface area contributed by atoms with Gasteiger partial charge in [0.25, 0.3) is 0 Å². The van der Waals surface area contributed by atoms with E-state index >= 15 is 0 Å². The molecule has 6 heteroatoms. The fourth-order valence-electron chi connectivity index (χ4n) is 7.54. The topological polar surface area (TPSA) is 32.3 Å². The van der Waals surface area contributed by atoms with Crippen LogP contribution in [-0.4, -0.2) is 30.4 Å². The van der Waals surface area contributed by atoms with Crippen molar-refractivity contribution in [3.8, 4) is 0 Å². The molecule has 1 amide bonds. The Morgan fingerprint density at radius 1 is 0.714 bits per heavy atom. The molecule has 0 spiro atoms. The molecule has 2 unspecified atom stereocenters. The normalized spacial score (nSPS) is 15.4. The van der Waals surface area contributed by atoms with Gasteiger partial charge in [-0.15, -0.1) is 0 Å². The summed E-state index contributed by atoms with van der Waals surface area (Å²) in [5.41, 5.74) is 5.47. The highest BCUT2D eigenvalue weighted by Gasteiger charge is 2.43. The van der Waals surface area contributed by atoms with Crippen molar-refractivity contribution in [2.75, 3.05) is 19.6 Å². The number of carbonyl (C=O) groups excluding carboxylic acids is 1. The molecule has 1 fully saturated rings. The van der Waals surface area contributed by atoms with Crippen LogP contribution in [0.25, 0.3) is 0 Å². The smallest absolute Gasteiger partial charge is 0.227 e. The lowest BCUT2D eigenvalue weighted by Crippen LogP contribution is -2.51. The van der Waals surface area contributed by atoms with Gasteiger partial charge in [-0.2, -0.15) is 0 Å². The third-order valence-electron chi connectivity index (χ3n) is 10.3. The molecule has 0 radical (unpaired) electrons. The van der Waals surface area contributed by atoms with Crippen LogP contribution in [0.4, 0.5) is 0 Å². The van der Waals surface area contributed by atoms with Crippen molar-refractivity contribution in [3.05, 3.63) is 176 Å². The van der Waals surface area contributed by atoms with E-state index < -0.39 is 0 Å². The third-order valence-corrected chi connectivity index (χ3v) is 11.2. The van der Waals surface area contributed by atoms with E-state index in [1.54, 1.807) is 0 Å². The highest BCUT2D eigenvalue weighted by molar-refractivity contribution is 6.42. The first-order valence-corrected chi connectivity index (χ1v) is 18.4. The fourth-order valence-corrected chi connectivity index (χ4v) is 8.04. The summed E-state index contributed by atoms with van der Waals surface area (Å²) in [4.78, 5) is 16.0. The molecule has 1 saturated heterocycles. The second-order valence-electron chi connectivity index (χ2n) is 13.2. The van der Waals surface area contributed by atoms with Crippen molar-refractivity contribution >= 4 is 40.7 Å². The van der Waals surface area contributed by atoms with Crippen molar-refractivity contribution in [3.63, 3.8) is 0 Å². The van der Waals surface area contributed by atoms with E-state index in [4.69, 9.17) is 34.8 Å². The summed E-state index contributed by atoms with van der Waals surface area (Å²) >= 11 is 19.0. The van der Waals surface area contributed by atoms with Crippen LogP contribution in [0.1, 0.15) is 72.3 Å². The van der Waals surface area contributed by atoms with Crippen LogP contribution in [0.5, 0.6) is 0 Å². The number of piperidine rings is 1. The summed E-state index contributed by atoms with van der Waals surface area (Å²) in [7, 11) is 0. The molecule has 49 heavy (non-hydrogen) atoms. The number of benzene rings is 5. The molecule has 0 bridgehead atoms. The van der Waals surface area contributed by atoms with E-state index in [2.05, 4.69) is 101 Å². The van der Waals surface area contributed by atoms with Crippen molar-refractivity contribution in [2.24, 2.45) is 5.92 Å². The lowest BCUT2D eigenvalue weighted by Gasteiger charge is -2.48. The Morgan fingerprint density at radius 2 is 1.29 bits per heavy atom. The number of amides is 1. The second kappa shape index (κ2) is 16.4. The summed E-state index contributed by atoms with van der Waals surface area (Å²) in [5, 5.41) is 4.94. The largest absolute Gasteiger partial charge is 0.355 e. The van der Waals surface area contributed by atoms with Crippen molar-refractivity contribution < 1.29 is 4.79 Å². The summed E-state index contributed by atoms with van der Waals surface area (Å²) in [6.45, 7) is 4.41. The first-order chi connectivity index (χ1) is 23.9. The lowest BCUT2D eigenvalue weighted by atomic mass is 9.74. The average Bonchev–Trinajstić information content (AvgIpc) is 3.14. The first-order valence-electron chi connectivity index (χ1n) is 17.3. The van der Waals surface area contributed by atoms with Gasteiger partial charge in [0.2, 0.25) is 5.91 Å². The van der Waals surface area contributed by atoms with Gasteiger partial charge in [-0.3, -0.25) is 9.69 Å². The Balaban J connectivity index is 1.19. The Kier molecular flexibility index (Phi) is 11.8. The van der Waals surface area contributed by atoms with Crippen LogP contribution in [0.2, 0.25) is 15.1 Å². The minimum atomic E-state index is -0.388. The molecular weight excluding hydrogens is 667 g/mol. The SMILES string of the molecule is CC(C(=O)NCC(CCC1CCN(C(c2ccccc2)(c2ccccc2)c2ccccc2)CC1)c1ccc(Cl)c(Cl)c1)c1cccc(Cl)c1. The molecule has 0 saturated carbocycles. The number of hydrogen-bond acceptors (Lipinski definition) is 2. The molecule has 2 atom stereocenters. The van der Waals surface area contributed by atoms with Crippen LogP contribution in [0.15, 0.2) is 133 Å². The molecule has 1 aliphatic rings. The Morgan fingerprint density at radius 3 is 1.82 bits per heavy atom. The fraction of sp³-hybridized carbons (Fsp3) is 0.279. The molecule has 1 N–H and O–H groups in total. The summed E-state index contributed by atoms with van der Waals surface area (Å²) in [6, 6.07) is 46.2. The van der Waals surface area contributed by atoms with Gasteiger partial charge in [0.05, 0.1) is 21.5 Å². The van der Waals surface area contributed by atoms with Crippen LogP contribution in [0, 0.1) is 5.92 Å². The van der Waals surface area contributed by atoms with Gasteiger partial charge in [0.15, 0.2) is 0 Å². The summed E-state index contributed by atoms with van der Waals surface area (Å²) < 4.78 is 0. The predicted molar refractivity (Wildman–Crippen MR) is 205 cm³/mol. The van der Waals surface area contributed by atoms with Crippen LogP contribution in [0.3, 0.4) is 0 Å². The van der Waals surface area contributed by atoms with Crippen LogP contribution < -0.4 is 5.32 Å². The first kappa shape index (κ1) is 35.2. The number of hydrogen-bond donors (Lipinski definition) is 1. The predicted octanol–water partition coefficient (Wildman–Crippen LogP) is 11.1. The van der Waals surface area contributed by atoms with Crippen LogP contribution >= 0.6 is 34.8 Å². The van der Waals surface area contributed by atoms with Crippen molar-refractivity contribution in [1.29, 1.82) is 0 Å². The molecule has 1 aliphatic heterocycles. The van der Waals surface area contributed by atoms with Gasteiger partial charge < -0.3 is 5.32 Å². The quantitative estimate of drug-likeness (QED) is 0.131. The minimum absolute atomic E-state index is 0.0142. The molecular formula is C43H43Cl3N2O. The Bertz CT molecular complexity index is 1710. The number of nitrogens with zero attached hydrogens (tertiary/aromatic N) is 1. The average molecular weight is 710 g/mol. The molecule has 5 aromatic rings. The van der Waals surface area contributed by atoms with E-state index in [0.717, 1.165) is 49.9 Å². The molecule has 1 heterocycles. The minimum Gasteiger partial charge on any atom is -0.355 e. The van der Waals surface area contributed by atoms with E-state index in [-0.39, 0.29) is 23.3 Å². The van der Waals surface area contributed by atoms with Crippen molar-refractivity contribution in [1.82, 2.24) is 10.2 Å². The number of carbonyl (C=O) groups is 1. The second-order valence-corrected chi connectivity index (χ2v) is 14.5. The third kappa shape index (κ3) is 8.08. The maximum atomic E-state index is 13.3. The van der Waals surface area contributed by atoms with Crippen LogP contribution in [-0.2, 0) is 10.3 Å². The number of likely N-dealkylation sites (tertiary alicyclic amines) is 1. The lowest BCUT2D eigenvalue weighted by molar-refractivity contribution is -0.122. The summed E-state index contributed by atoms with van der Waals surface area (Å²) in [6.07, 6.45) is 4.20. The number of rotatable bonds is 12. The molecule has 6 rings (SSSR count). The molecule has 252 valence electrons. The zero-order chi connectivity index (χ0) is 34.2. The molecule has 0 aromatic heterocycles. The maximum Gasteiger partial charge on any atom is 0.227 e. The van der Waals surface area contributed by atoms with E-state index in [9.17, 15) is 4.79 Å².